The summed E-state index contributed by atoms with van der Waals surface area (Å²) in [6.07, 6.45) is -0.742. The zero-order chi connectivity index (χ0) is 18.2. The summed E-state index contributed by atoms with van der Waals surface area (Å²) in [6.45, 7) is 9.75. The zero-order valence-electron chi connectivity index (χ0n) is 14.2. The fraction of sp³-hybridized carbons (Fsp3) is 0.692. The van der Waals surface area contributed by atoms with E-state index in [1.165, 1.54) is 6.92 Å². The number of alkyl carbamates (subject to hydrolysis) is 1. The summed E-state index contributed by atoms with van der Waals surface area (Å²) in [6, 6.07) is -1.75. The van der Waals surface area contributed by atoms with Crippen molar-refractivity contribution in [3.8, 4) is 0 Å². The maximum atomic E-state index is 12.0. The van der Waals surface area contributed by atoms with E-state index >= 15 is 0 Å². The minimum absolute atomic E-state index is 0.247. The van der Waals surface area contributed by atoms with Crippen LogP contribution in [0.2, 0.25) is 0 Å². The van der Waals surface area contributed by atoms with Gasteiger partial charge in [-0.1, -0.05) is 13.8 Å². The number of nitrogens with one attached hydrogen (secondary N) is 5. The van der Waals surface area contributed by atoms with Crippen LogP contribution in [0.3, 0.4) is 0 Å². The molecule has 0 saturated carbocycles. The van der Waals surface area contributed by atoms with Crippen molar-refractivity contribution in [3.63, 3.8) is 0 Å². The van der Waals surface area contributed by atoms with Crippen molar-refractivity contribution in [1.29, 1.82) is 0 Å². The monoisotopic (exact) mass is 331 g/mol. The second kappa shape index (κ2) is 8.81. The van der Waals surface area contributed by atoms with Crippen LogP contribution in [-0.4, -0.2) is 35.6 Å². The van der Waals surface area contributed by atoms with Crippen molar-refractivity contribution in [2.75, 3.05) is 0 Å². The Morgan fingerprint density at radius 1 is 0.913 bits per heavy atom. The summed E-state index contributed by atoms with van der Waals surface area (Å²) >= 11 is 0. The Morgan fingerprint density at radius 2 is 1.43 bits per heavy atom. The number of rotatable bonds is 3. The number of ether oxygens (including phenoxy) is 1. The molecule has 0 saturated heterocycles. The molecule has 5 N–H and O–H groups in total. The highest BCUT2D eigenvalue weighted by atomic mass is 16.6. The van der Waals surface area contributed by atoms with E-state index in [1.54, 1.807) is 34.6 Å². The first kappa shape index (κ1) is 20.5. The minimum atomic E-state index is -0.911. The lowest BCUT2D eigenvalue weighted by Crippen LogP contribution is -2.57. The first-order valence-electron chi connectivity index (χ1n) is 7.04. The Labute approximate surface area is 135 Å². The number of hydrogen-bond donors (Lipinski definition) is 5. The molecule has 0 spiro atoms. The van der Waals surface area contributed by atoms with Gasteiger partial charge in [-0.05, 0) is 26.7 Å². The molecule has 0 bridgehead atoms. The molecule has 0 radical (unpaired) electrons. The van der Waals surface area contributed by atoms with Crippen molar-refractivity contribution < 1.29 is 23.9 Å². The number of amides is 5. The molecule has 1 atom stereocenters. The van der Waals surface area contributed by atoms with Crippen LogP contribution >= 0.6 is 0 Å². The van der Waals surface area contributed by atoms with E-state index in [1.807, 2.05) is 16.3 Å². The van der Waals surface area contributed by atoms with Crippen molar-refractivity contribution >= 4 is 23.9 Å². The average Bonchev–Trinajstić information content (AvgIpc) is 2.37. The van der Waals surface area contributed by atoms with Crippen LogP contribution in [0.15, 0.2) is 0 Å². The average molecular weight is 331 g/mol. The number of carbonyl (C=O) groups excluding carboxylic acids is 4. The predicted octanol–water partition coefficient (Wildman–Crippen LogP) is -0.0828. The summed E-state index contributed by atoms with van der Waals surface area (Å²) < 4.78 is 5.08. The highest BCUT2D eigenvalue weighted by molar-refractivity contribution is 5.88. The first-order valence-corrected chi connectivity index (χ1v) is 7.04. The first-order chi connectivity index (χ1) is 10.4. The van der Waals surface area contributed by atoms with E-state index in [0.29, 0.717) is 0 Å². The maximum Gasteiger partial charge on any atom is 0.408 e. The maximum absolute atomic E-state index is 12.0. The molecule has 0 aromatic carbocycles. The molecule has 0 aromatic rings. The second-order valence-corrected chi connectivity index (χ2v) is 6.12. The number of carbonyl (C=O) groups is 4. The largest absolute Gasteiger partial charge is 0.444 e. The molecule has 0 aliphatic carbocycles. The van der Waals surface area contributed by atoms with Crippen molar-refractivity contribution in [2.45, 2.75) is 53.2 Å². The van der Waals surface area contributed by atoms with Crippen LogP contribution in [0.5, 0.6) is 0 Å². The Bertz CT molecular complexity index is 458. The fourth-order valence-corrected chi connectivity index (χ4v) is 1.34. The van der Waals surface area contributed by atoms with Gasteiger partial charge in [-0.25, -0.2) is 20.4 Å². The smallest absolute Gasteiger partial charge is 0.408 e. The predicted molar refractivity (Wildman–Crippen MR) is 81.6 cm³/mol. The summed E-state index contributed by atoms with van der Waals surface area (Å²) in [7, 11) is 0. The van der Waals surface area contributed by atoms with E-state index in [4.69, 9.17) is 4.74 Å². The lowest BCUT2D eigenvalue weighted by atomic mass is 10.0. The molecule has 10 heteroatoms. The van der Waals surface area contributed by atoms with Crippen molar-refractivity contribution in [3.05, 3.63) is 0 Å². The van der Waals surface area contributed by atoms with Gasteiger partial charge in [-0.15, -0.1) is 0 Å². The second-order valence-electron chi connectivity index (χ2n) is 6.12. The standard InChI is InChI=1S/C13H25N5O5/c1-7(2)9(14-12(22)23-13(4,5)6)10(20)16-18-11(21)17-15-8(3)19/h7,9H,1-6H3,(H,14,22)(H,15,19)(H,16,20)(H2,17,18,21)/t9-/m0/s1. The fourth-order valence-electron chi connectivity index (χ4n) is 1.34. The lowest BCUT2D eigenvalue weighted by Gasteiger charge is -2.25. The van der Waals surface area contributed by atoms with E-state index in [9.17, 15) is 19.2 Å². The van der Waals surface area contributed by atoms with Gasteiger partial charge in [0.1, 0.15) is 11.6 Å². The number of hydrogen-bond acceptors (Lipinski definition) is 5. The molecule has 0 fully saturated rings. The summed E-state index contributed by atoms with van der Waals surface area (Å²) in [5.74, 6) is -1.36. The third kappa shape index (κ3) is 9.93. The van der Waals surface area contributed by atoms with E-state index in [-0.39, 0.29) is 5.92 Å². The highest BCUT2D eigenvalue weighted by Gasteiger charge is 2.27. The molecule has 0 aliphatic rings. The Morgan fingerprint density at radius 3 is 1.87 bits per heavy atom. The van der Waals surface area contributed by atoms with Gasteiger partial charge < -0.3 is 10.1 Å². The van der Waals surface area contributed by atoms with Gasteiger partial charge in [0.2, 0.25) is 5.91 Å². The molecule has 5 amide bonds. The SMILES string of the molecule is CC(=O)NNC(=O)NNC(=O)[C@@H](NC(=O)OC(C)(C)C)C(C)C. The van der Waals surface area contributed by atoms with E-state index in [2.05, 4.69) is 10.7 Å². The molecular formula is C13H25N5O5. The van der Waals surface area contributed by atoms with Crippen LogP contribution in [-0.2, 0) is 14.3 Å². The Balaban J connectivity index is 4.49. The van der Waals surface area contributed by atoms with Crippen molar-refractivity contribution in [1.82, 2.24) is 27.0 Å². The normalized spacial score (nSPS) is 12.0. The van der Waals surface area contributed by atoms with E-state index in [0.717, 1.165) is 0 Å². The van der Waals surface area contributed by atoms with Gasteiger partial charge in [-0.2, -0.15) is 0 Å². The minimum Gasteiger partial charge on any atom is -0.444 e. The van der Waals surface area contributed by atoms with Crippen LogP contribution < -0.4 is 27.0 Å². The van der Waals surface area contributed by atoms with Gasteiger partial charge in [0.05, 0.1) is 0 Å². The Hall–Kier alpha value is -2.52. The van der Waals surface area contributed by atoms with Crippen LogP contribution in [0.25, 0.3) is 0 Å². The van der Waals surface area contributed by atoms with Gasteiger partial charge >= 0.3 is 12.1 Å². The zero-order valence-corrected chi connectivity index (χ0v) is 14.2. The molecular weight excluding hydrogens is 306 g/mol. The molecule has 0 rings (SSSR count). The van der Waals surface area contributed by atoms with Crippen molar-refractivity contribution in [2.24, 2.45) is 5.92 Å². The van der Waals surface area contributed by atoms with Gasteiger partial charge in [-0.3, -0.25) is 20.4 Å². The molecule has 0 aliphatic heterocycles. The van der Waals surface area contributed by atoms with Gasteiger partial charge in [0.15, 0.2) is 0 Å². The highest BCUT2D eigenvalue weighted by Crippen LogP contribution is 2.08. The topological polar surface area (TPSA) is 138 Å². The molecule has 10 nitrogen and oxygen atoms in total. The lowest BCUT2D eigenvalue weighted by molar-refractivity contribution is -0.124. The molecule has 0 aromatic heterocycles. The van der Waals surface area contributed by atoms with Crippen LogP contribution in [0.4, 0.5) is 9.59 Å². The Kier molecular flexibility index (Phi) is 7.84. The molecule has 0 unspecified atom stereocenters. The third-order valence-electron chi connectivity index (χ3n) is 2.27. The molecule has 0 heterocycles. The van der Waals surface area contributed by atoms with E-state index < -0.39 is 35.6 Å². The van der Waals surface area contributed by atoms with Gasteiger partial charge in [0.25, 0.3) is 5.91 Å². The summed E-state index contributed by atoms with van der Waals surface area (Å²) in [5, 5.41) is 2.43. The molecule has 23 heavy (non-hydrogen) atoms. The quantitative estimate of drug-likeness (QED) is 0.460. The molecule has 132 valence electrons. The number of hydrazine groups is 2. The number of urea groups is 1. The van der Waals surface area contributed by atoms with Crippen LogP contribution in [0.1, 0.15) is 41.5 Å². The summed E-state index contributed by atoms with van der Waals surface area (Å²) in [5.41, 5.74) is 7.51. The van der Waals surface area contributed by atoms with Gasteiger partial charge in [0, 0.05) is 6.92 Å². The van der Waals surface area contributed by atoms with Crippen LogP contribution in [0, 0.1) is 5.92 Å². The summed E-state index contributed by atoms with van der Waals surface area (Å²) in [4.78, 5) is 45.7. The third-order valence-corrected chi connectivity index (χ3v) is 2.27.